The molecule has 0 aromatic carbocycles. The molecule has 0 aromatic rings. The Hall–Kier alpha value is -1.63. The van der Waals surface area contributed by atoms with Gasteiger partial charge in [-0.25, -0.2) is 0 Å². The number of hydrogen-bond donors (Lipinski definition) is 1. The molecule has 1 saturated heterocycles. The van der Waals surface area contributed by atoms with Gasteiger partial charge < -0.3 is 19.6 Å². The number of nitrogens with zero attached hydrogens (tertiary/aromatic N) is 2. The van der Waals surface area contributed by atoms with E-state index in [2.05, 4.69) is 0 Å². The number of likely N-dealkylation sites (N-methyl/N-ethyl adjacent to an activating group) is 1. The van der Waals surface area contributed by atoms with Gasteiger partial charge in [0, 0.05) is 27.2 Å². The van der Waals surface area contributed by atoms with Crippen molar-refractivity contribution < 1.29 is 24.2 Å². The Morgan fingerprint density at radius 3 is 2.55 bits per heavy atom. The van der Waals surface area contributed by atoms with E-state index in [0.29, 0.717) is 13.0 Å². The van der Waals surface area contributed by atoms with Crippen molar-refractivity contribution in [3.63, 3.8) is 0 Å². The predicted molar refractivity (Wildman–Crippen MR) is 71.0 cm³/mol. The summed E-state index contributed by atoms with van der Waals surface area (Å²) in [6, 6.07) is 0. The first-order valence-electron chi connectivity index (χ1n) is 6.58. The Morgan fingerprint density at radius 1 is 1.35 bits per heavy atom. The zero-order chi connectivity index (χ0) is 15.3. The van der Waals surface area contributed by atoms with Crippen molar-refractivity contribution in [2.75, 3.05) is 40.4 Å². The summed E-state index contributed by atoms with van der Waals surface area (Å²) in [5.74, 6) is -1.76. The highest BCUT2D eigenvalue weighted by Crippen LogP contribution is 2.21. The quantitative estimate of drug-likeness (QED) is 0.747. The van der Waals surface area contributed by atoms with E-state index in [4.69, 9.17) is 9.84 Å². The van der Waals surface area contributed by atoms with Gasteiger partial charge in [0.25, 0.3) is 0 Å². The largest absolute Gasteiger partial charge is 0.481 e. The molecule has 114 valence electrons. The summed E-state index contributed by atoms with van der Waals surface area (Å²) in [7, 11) is 2.94. The molecule has 0 radical (unpaired) electrons. The molecule has 1 heterocycles. The number of rotatable bonds is 5. The number of carbonyl (C=O) groups excluding carboxylic acids is 2. The third kappa shape index (κ3) is 4.48. The van der Waals surface area contributed by atoms with Crippen LogP contribution in [0, 0.1) is 11.8 Å². The molecule has 0 aromatic heterocycles. The van der Waals surface area contributed by atoms with Crippen molar-refractivity contribution in [2.45, 2.75) is 13.3 Å². The highest BCUT2D eigenvalue weighted by Gasteiger charge is 2.32. The van der Waals surface area contributed by atoms with E-state index in [9.17, 15) is 14.4 Å². The van der Waals surface area contributed by atoms with Crippen LogP contribution in [0.5, 0.6) is 0 Å². The van der Waals surface area contributed by atoms with Crippen LogP contribution in [0.3, 0.4) is 0 Å². The summed E-state index contributed by atoms with van der Waals surface area (Å²) in [6.45, 7) is 2.55. The number of ether oxygens (including phenoxy) is 1. The van der Waals surface area contributed by atoms with E-state index >= 15 is 0 Å². The molecule has 7 nitrogen and oxygen atoms in total. The predicted octanol–water partition coefficient (Wildman–Crippen LogP) is -0.340. The molecule has 0 spiro atoms. The maximum atomic E-state index is 12.1. The van der Waals surface area contributed by atoms with Crippen molar-refractivity contribution >= 4 is 17.8 Å². The van der Waals surface area contributed by atoms with Gasteiger partial charge in [-0.1, -0.05) is 6.92 Å². The molecule has 2 amide bonds. The maximum Gasteiger partial charge on any atom is 0.308 e. The average Bonchev–Trinajstić information content (AvgIpc) is 2.37. The van der Waals surface area contributed by atoms with Crippen molar-refractivity contribution in [1.82, 2.24) is 9.80 Å². The topological polar surface area (TPSA) is 87.2 Å². The molecule has 2 atom stereocenters. The number of methoxy groups -OCH3 is 1. The van der Waals surface area contributed by atoms with Crippen LogP contribution in [0.15, 0.2) is 0 Å². The summed E-state index contributed by atoms with van der Waals surface area (Å²) in [5, 5.41) is 9.08. The minimum atomic E-state index is -0.877. The second-order valence-electron chi connectivity index (χ2n) is 5.36. The van der Waals surface area contributed by atoms with Crippen LogP contribution in [0.4, 0.5) is 0 Å². The van der Waals surface area contributed by atoms with E-state index in [1.54, 1.807) is 0 Å². The molecule has 1 aliphatic heterocycles. The average molecular weight is 286 g/mol. The van der Waals surface area contributed by atoms with Gasteiger partial charge in [0.1, 0.15) is 6.61 Å². The lowest BCUT2D eigenvalue weighted by atomic mass is 9.90. The summed E-state index contributed by atoms with van der Waals surface area (Å²) in [5.41, 5.74) is 0. The van der Waals surface area contributed by atoms with Gasteiger partial charge in [-0.3, -0.25) is 14.4 Å². The standard InChI is InChI=1S/C13H22N2O5/c1-9-4-10(13(18)19)6-15(5-9)11(16)7-14(2)12(17)8-20-3/h9-10H,4-8H2,1-3H3,(H,18,19). The Labute approximate surface area is 118 Å². The monoisotopic (exact) mass is 286 g/mol. The molecule has 0 aliphatic carbocycles. The maximum absolute atomic E-state index is 12.1. The Balaban J connectivity index is 2.57. The smallest absolute Gasteiger partial charge is 0.308 e. The first kappa shape index (κ1) is 16.4. The number of aliphatic carboxylic acids is 1. The minimum Gasteiger partial charge on any atom is -0.481 e. The van der Waals surface area contributed by atoms with Crippen LogP contribution < -0.4 is 0 Å². The van der Waals surface area contributed by atoms with Gasteiger partial charge in [0.15, 0.2) is 0 Å². The number of likely N-dealkylation sites (tertiary alicyclic amines) is 1. The van der Waals surface area contributed by atoms with Crippen LogP contribution in [0.2, 0.25) is 0 Å². The molecule has 2 unspecified atom stereocenters. The van der Waals surface area contributed by atoms with E-state index < -0.39 is 11.9 Å². The SMILES string of the molecule is COCC(=O)N(C)CC(=O)N1CC(C)CC(C(=O)O)C1. The lowest BCUT2D eigenvalue weighted by Crippen LogP contribution is -2.49. The molecule has 0 saturated carbocycles. The molecule has 1 fully saturated rings. The van der Waals surface area contributed by atoms with Crippen molar-refractivity contribution in [3.05, 3.63) is 0 Å². The van der Waals surface area contributed by atoms with Crippen LogP contribution in [0.25, 0.3) is 0 Å². The van der Waals surface area contributed by atoms with E-state index in [-0.39, 0.29) is 37.4 Å². The number of piperidine rings is 1. The summed E-state index contributed by atoms with van der Waals surface area (Å²) in [6.07, 6.45) is 0.581. The fraction of sp³-hybridized carbons (Fsp3) is 0.769. The second kappa shape index (κ2) is 7.23. The van der Waals surface area contributed by atoms with Gasteiger partial charge in [0.2, 0.25) is 11.8 Å². The number of hydrogen-bond acceptors (Lipinski definition) is 4. The molecule has 0 bridgehead atoms. The molecule has 1 rings (SSSR count). The first-order valence-corrected chi connectivity index (χ1v) is 6.58. The molecular formula is C13H22N2O5. The summed E-state index contributed by atoms with van der Waals surface area (Å²) < 4.78 is 4.72. The third-order valence-corrected chi connectivity index (χ3v) is 3.43. The number of carbonyl (C=O) groups is 3. The number of carboxylic acids is 1. The Kier molecular flexibility index (Phi) is 5.94. The van der Waals surface area contributed by atoms with Crippen molar-refractivity contribution in [2.24, 2.45) is 11.8 Å². The highest BCUT2D eigenvalue weighted by atomic mass is 16.5. The van der Waals surface area contributed by atoms with Gasteiger partial charge in [-0.2, -0.15) is 0 Å². The highest BCUT2D eigenvalue weighted by molar-refractivity contribution is 5.85. The van der Waals surface area contributed by atoms with E-state index in [0.717, 1.165) is 0 Å². The van der Waals surface area contributed by atoms with Gasteiger partial charge >= 0.3 is 5.97 Å². The van der Waals surface area contributed by atoms with Crippen LogP contribution in [-0.2, 0) is 19.1 Å². The van der Waals surface area contributed by atoms with E-state index in [1.807, 2.05) is 6.92 Å². The summed E-state index contributed by atoms with van der Waals surface area (Å²) in [4.78, 5) is 37.6. The molecule has 1 N–H and O–H groups in total. The zero-order valence-corrected chi connectivity index (χ0v) is 12.2. The van der Waals surface area contributed by atoms with E-state index in [1.165, 1.54) is 24.0 Å². The lowest BCUT2D eigenvalue weighted by Gasteiger charge is -2.35. The number of carboxylic acid groups (broad SMARTS) is 1. The van der Waals surface area contributed by atoms with Crippen LogP contribution in [0.1, 0.15) is 13.3 Å². The molecular weight excluding hydrogens is 264 g/mol. The van der Waals surface area contributed by atoms with Crippen molar-refractivity contribution in [1.29, 1.82) is 0 Å². The van der Waals surface area contributed by atoms with Crippen LogP contribution in [-0.4, -0.2) is 73.1 Å². The normalized spacial score (nSPS) is 22.4. The Bertz CT molecular complexity index is 385. The second-order valence-corrected chi connectivity index (χ2v) is 5.36. The minimum absolute atomic E-state index is 0.0543. The van der Waals surface area contributed by atoms with Gasteiger partial charge in [-0.05, 0) is 12.3 Å². The molecule has 7 heteroatoms. The fourth-order valence-electron chi connectivity index (χ4n) is 2.36. The molecule has 20 heavy (non-hydrogen) atoms. The van der Waals surface area contributed by atoms with Gasteiger partial charge in [-0.15, -0.1) is 0 Å². The zero-order valence-electron chi connectivity index (χ0n) is 12.2. The summed E-state index contributed by atoms with van der Waals surface area (Å²) >= 11 is 0. The fourth-order valence-corrected chi connectivity index (χ4v) is 2.36. The third-order valence-electron chi connectivity index (χ3n) is 3.43. The number of amides is 2. The van der Waals surface area contributed by atoms with Gasteiger partial charge in [0.05, 0.1) is 12.5 Å². The Morgan fingerprint density at radius 2 is 2.00 bits per heavy atom. The van der Waals surface area contributed by atoms with Crippen LogP contribution >= 0.6 is 0 Å². The lowest BCUT2D eigenvalue weighted by molar-refractivity contribution is -0.149. The first-order chi connectivity index (χ1) is 9.35. The van der Waals surface area contributed by atoms with Crippen molar-refractivity contribution in [3.8, 4) is 0 Å². The molecule has 1 aliphatic rings.